The standard InChI is InChI=1S/C17H24N2O/c20-17(19-10-2-1-3-11-19)15-7-4-6-14(12-15)16-8-5-9-18-13-16/h4,6-7,12,16,18H,1-3,5,8-11,13H2. The first-order valence-electron chi connectivity index (χ1n) is 7.94. The first kappa shape index (κ1) is 13.6. The number of hydrogen-bond acceptors (Lipinski definition) is 2. The summed E-state index contributed by atoms with van der Waals surface area (Å²) in [7, 11) is 0. The second-order valence-corrected chi connectivity index (χ2v) is 6.02. The number of nitrogens with zero attached hydrogens (tertiary/aromatic N) is 1. The molecule has 1 unspecified atom stereocenters. The van der Waals surface area contributed by atoms with Gasteiger partial charge in [-0.05, 0) is 62.3 Å². The third kappa shape index (κ3) is 3.04. The molecule has 0 saturated carbocycles. The van der Waals surface area contributed by atoms with Crippen molar-refractivity contribution >= 4 is 5.91 Å². The van der Waals surface area contributed by atoms with Gasteiger partial charge >= 0.3 is 0 Å². The van der Waals surface area contributed by atoms with E-state index in [0.717, 1.165) is 44.6 Å². The summed E-state index contributed by atoms with van der Waals surface area (Å²) in [5.41, 5.74) is 2.19. The van der Waals surface area contributed by atoms with Gasteiger partial charge in [0.1, 0.15) is 0 Å². The predicted octanol–water partition coefficient (Wildman–Crippen LogP) is 2.78. The van der Waals surface area contributed by atoms with E-state index in [-0.39, 0.29) is 5.91 Å². The van der Waals surface area contributed by atoms with Gasteiger partial charge in [-0.1, -0.05) is 12.1 Å². The molecule has 1 N–H and O–H groups in total. The van der Waals surface area contributed by atoms with Crippen LogP contribution < -0.4 is 5.32 Å². The molecule has 20 heavy (non-hydrogen) atoms. The number of carbonyl (C=O) groups is 1. The number of likely N-dealkylation sites (tertiary alicyclic amines) is 1. The van der Waals surface area contributed by atoms with Crippen LogP contribution in [0.3, 0.4) is 0 Å². The lowest BCUT2D eigenvalue weighted by atomic mass is 9.90. The molecule has 1 aromatic carbocycles. The summed E-state index contributed by atoms with van der Waals surface area (Å²) in [6.07, 6.45) is 6.02. The van der Waals surface area contributed by atoms with E-state index < -0.39 is 0 Å². The Morgan fingerprint density at radius 3 is 2.75 bits per heavy atom. The third-order valence-electron chi connectivity index (χ3n) is 4.55. The number of nitrogens with one attached hydrogen (secondary N) is 1. The van der Waals surface area contributed by atoms with Gasteiger partial charge in [0.2, 0.25) is 0 Å². The maximum Gasteiger partial charge on any atom is 0.253 e. The fourth-order valence-corrected chi connectivity index (χ4v) is 3.34. The molecule has 2 heterocycles. The van der Waals surface area contributed by atoms with Gasteiger partial charge in [-0.2, -0.15) is 0 Å². The topological polar surface area (TPSA) is 32.3 Å². The van der Waals surface area contributed by atoms with E-state index in [1.807, 2.05) is 17.0 Å². The molecule has 3 nitrogen and oxygen atoms in total. The number of rotatable bonds is 2. The van der Waals surface area contributed by atoms with Crippen LogP contribution in [0.4, 0.5) is 0 Å². The van der Waals surface area contributed by atoms with Gasteiger partial charge in [-0.15, -0.1) is 0 Å². The zero-order chi connectivity index (χ0) is 13.8. The first-order valence-corrected chi connectivity index (χ1v) is 7.94. The molecule has 1 atom stereocenters. The van der Waals surface area contributed by atoms with Crippen LogP contribution in [0.5, 0.6) is 0 Å². The third-order valence-corrected chi connectivity index (χ3v) is 4.55. The van der Waals surface area contributed by atoms with Crippen LogP contribution in [0.25, 0.3) is 0 Å². The van der Waals surface area contributed by atoms with Gasteiger partial charge in [0.05, 0.1) is 0 Å². The zero-order valence-corrected chi connectivity index (χ0v) is 12.1. The highest BCUT2D eigenvalue weighted by atomic mass is 16.2. The average Bonchev–Trinajstić information content (AvgIpc) is 2.56. The smallest absolute Gasteiger partial charge is 0.253 e. The highest BCUT2D eigenvalue weighted by Crippen LogP contribution is 2.24. The summed E-state index contributed by atoms with van der Waals surface area (Å²) < 4.78 is 0. The molecule has 2 aliphatic rings. The van der Waals surface area contributed by atoms with Crippen LogP contribution in [0.2, 0.25) is 0 Å². The van der Waals surface area contributed by atoms with Crippen molar-refractivity contribution < 1.29 is 4.79 Å². The lowest BCUT2D eigenvalue weighted by molar-refractivity contribution is 0.0724. The van der Waals surface area contributed by atoms with Crippen molar-refractivity contribution in [2.45, 2.75) is 38.0 Å². The van der Waals surface area contributed by atoms with Crippen LogP contribution in [0.1, 0.15) is 53.9 Å². The number of piperidine rings is 2. The molecule has 2 fully saturated rings. The lowest BCUT2D eigenvalue weighted by Crippen LogP contribution is -2.35. The quantitative estimate of drug-likeness (QED) is 0.898. The second kappa shape index (κ2) is 6.40. The van der Waals surface area contributed by atoms with Crippen LogP contribution in [-0.4, -0.2) is 37.0 Å². The summed E-state index contributed by atoms with van der Waals surface area (Å²) in [5.74, 6) is 0.785. The van der Waals surface area contributed by atoms with Crippen molar-refractivity contribution in [3.63, 3.8) is 0 Å². The van der Waals surface area contributed by atoms with Crippen LogP contribution >= 0.6 is 0 Å². The van der Waals surface area contributed by atoms with Crippen molar-refractivity contribution in [3.05, 3.63) is 35.4 Å². The van der Waals surface area contributed by atoms with E-state index in [2.05, 4.69) is 17.4 Å². The Kier molecular flexibility index (Phi) is 4.36. The normalized spacial score (nSPS) is 23.6. The predicted molar refractivity (Wildman–Crippen MR) is 81.0 cm³/mol. The van der Waals surface area contributed by atoms with E-state index >= 15 is 0 Å². The molecule has 0 aliphatic carbocycles. The molecular formula is C17H24N2O. The Hall–Kier alpha value is -1.35. The number of amides is 1. The Labute approximate surface area is 121 Å². The Bertz CT molecular complexity index is 460. The van der Waals surface area contributed by atoms with Crippen molar-refractivity contribution in [1.29, 1.82) is 0 Å². The molecule has 0 aromatic heterocycles. The fourth-order valence-electron chi connectivity index (χ4n) is 3.34. The van der Waals surface area contributed by atoms with Crippen molar-refractivity contribution in [3.8, 4) is 0 Å². The van der Waals surface area contributed by atoms with E-state index in [0.29, 0.717) is 5.92 Å². The average molecular weight is 272 g/mol. The van der Waals surface area contributed by atoms with Gasteiger partial charge in [0.25, 0.3) is 5.91 Å². The molecule has 0 radical (unpaired) electrons. The maximum absolute atomic E-state index is 12.5. The summed E-state index contributed by atoms with van der Waals surface area (Å²) >= 11 is 0. The van der Waals surface area contributed by atoms with Gasteiger partial charge in [0, 0.05) is 25.2 Å². The first-order chi connectivity index (χ1) is 9.84. The van der Waals surface area contributed by atoms with Gasteiger partial charge < -0.3 is 10.2 Å². The highest BCUT2D eigenvalue weighted by molar-refractivity contribution is 5.94. The number of benzene rings is 1. The minimum atomic E-state index is 0.218. The SMILES string of the molecule is O=C(c1cccc(C2CCCNC2)c1)N1CCCCC1. The monoisotopic (exact) mass is 272 g/mol. The van der Waals surface area contributed by atoms with E-state index in [4.69, 9.17) is 0 Å². The zero-order valence-electron chi connectivity index (χ0n) is 12.1. The van der Waals surface area contributed by atoms with Crippen molar-refractivity contribution in [2.75, 3.05) is 26.2 Å². The van der Waals surface area contributed by atoms with E-state index in [1.165, 1.54) is 24.8 Å². The fraction of sp³-hybridized carbons (Fsp3) is 0.588. The molecule has 3 rings (SSSR count). The lowest BCUT2D eigenvalue weighted by Gasteiger charge is -2.27. The summed E-state index contributed by atoms with van der Waals surface area (Å²) in [4.78, 5) is 14.6. The Balaban J connectivity index is 1.74. The molecular weight excluding hydrogens is 248 g/mol. The van der Waals surface area contributed by atoms with Crippen LogP contribution in [-0.2, 0) is 0 Å². The number of carbonyl (C=O) groups excluding carboxylic acids is 1. The van der Waals surface area contributed by atoms with E-state index in [9.17, 15) is 4.79 Å². The Morgan fingerprint density at radius 1 is 1.15 bits per heavy atom. The van der Waals surface area contributed by atoms with Gasteiger partial charge in [-0.25, -0.2) is 0 Å². The molecule has 1 amide bonds. The minimum Gasteiger partial charge on any atom is -0.339 e. The molecule has 108 valence electrons. The Morgan fingerprint density at radius 2 is 2.00 bits per heavy atom. The molecule has 0 bridgehead atoms. The van der Waals surface area contributed by atoms with E-state index in [1.54, 1.807) is 0 Å². The van der Waals surface area contributed by atoms with Gasteiger partial charge in [-0.3, -0.25) is 4.79 Å². The molecule has 3 heteroatoms. The highest BCUT2D eigenvalue weighted by Gasteiger charge is 2.20. The van der Waals surface area contributed by atoms with Crippen molar-refractivity contribution in [1.82, 2.24) is 10.2 Å². The maximum atomic E-state index is 12.5. The molecule has 2 saturated heterocycles. The minimum absolute atomic E-state index is 0.218. The second-order valence-electron chi connectivity index (χ2n) is 6.02. The molecule has 0 spiro atoms. The summed E-state index contributed by atoms with van der Waals surface area (Å²) in [6.45, 7) is 4.02. The van der Waals surface area contributed by atoms with Crippen LogP contribution in [0, 0.1) is 0 Å². The molecule has 1 aromatic rings. The largest absolute Gasteiger partial charge is 0.339 e. The van der Waals surface area contributed by atoms with Crippen LogP contribution in [0.15, 0.2) is 24.3 Å². The van der Waals surface area contributed by atoms with Crippen molar-refractivity contribution in [2.24, 2.45) is 0 Å². The summed E-state index contributed by atoms with van der Waals surface area (Å²) in [6, 6.07) is 8.30. The van der Waals surface area contributed by atoms with Gasteiger partial charge in [0.15, 0.2) is 0 Å². The summed E-state index contributed by atoms with van der Waals surface area (Å²) in [5, 5.41) is 3.45. The molecule has 2 aliphatic heterocycles. The number of hydrogen-bond donors (Lipinski definition) is 1.